The van der Waals surface area contributed by atoms with Crippen molar-refractivity contribution in [1.29, 1.82) is 0 Å². The van der Waals surface area contributed by atoms with E-state index in [4.69, 9.17) is 18.9 Å². The molecule has 0 aromatic heterocycles. The number of benzene rings is 2. The lowest BCUT2D eigenvalue weighted by molar-refractivity contribution is -0.330. The largest absolute Gasteiger partial charge is 0.439 e. The van der Waals surface area contributed by atoms with Crippen molar-refractivity contribution in [2.75, 3.05) is 14.2 Å². The SMILES string of the molecule is CO[C@H]1CC[C@@H](N2C(=O)O[C@@H](c3ccccc3)[C@H]2c2ccccc2)[C@](C)(OC)O1. The molecule has 1 amide bonds. The van der Waals surface area contributed by atoms with Gasteiger partial charge in [-0.05, 0) is 24.5 Å². The van der Waals surface area contributed by atoms with Crippen molar-refractivity contribution < 1.29 is 23.7 Å². The summed E-state index contributed by atoms with van der Waals surface area (Å²) in [6.45, 7) is 1.86. The Balaban J connectivity index is 1.75. The maximum atomic E-state index is 13.2. The van der Waals surface area contributed by atoms with Gasteiger partial charge in [0.15, 0.2) is 18.2 Å². The van der Waals surface area contributed by atoms with Gasteiger partial charge in [0.25, 0.3) is 0 Å². The first-order valence-electron chi connectivity index (χ1n) is 9.92. The van der Waals surface area contributed by atoms with Gasteiger partial charge in [0, 0.05) is 20.6 Å². The average Bonchev–Trinajstić information content (AvgIpc) is 3.11. The molecule has 29 heavy (non-hydrogen) atoms. The van der Waals surface area contributed by atoms with E-state index in [1.807, 2.05) is 67.6 Å². The zero-order chi connectivity index (χ0) is 20.4. The summed E-state index contributed by atoms with van der Waals surface area (Å²) in [5, 5.41) is 0. The average molecular weight is 397 g/mol. The Bertz CT molecular complexity index is 830. The number of carbonyl (C=O) groups is 1. The lowest BCUT2D eigenvalue weighted by Crippen LogP contribution is -2.59. The molecule has 154 valence electrons. The molecule has 6 nitrogen and oxygen atoms in total. The Labute approximate surface area is 171 Å². The molecule has 5 atom stereocenters. The second kappa shape index (κ2) is 8.14. The van der Waals surface area contributed by atoms with E-state index in [9.17, 15) is 4.79 Å². The summed E-state index contributed by atoms with van der Waals surface area (Å²) >= 11 is 0. The smallest absolute Gasteiger partial charge is 0.411 e. The van der Waals surface area contributed by atoms with E-state index in [0.29, 0.717) is 12.8 Å². The molecule has 2 fully saturated rings. The van der Waals surface area contributed by atoms with Crippen molar-refractivity contribution in [3.05, 3.63) is 71.8 Å². The Morgan fingerprint density at radius 3 is 2.17 bits per heavy atom. The van der Waals surface area contributed by atoms with Gasteiger partial charge < -0.3 is 18.9 Å². The van der Waals surface area contributed by atoms with Crippen LogP contribution in [0.15, 0.2) is 60.7 Å². The Hall–Kier alpha value is -2.41. The first-order chi connectivity index (χ1) is 14.1. The van der Waals surface area contributed by atoms with E-state index < -0.39 is 11.9 Å². The van der Waals surface area contributed by atoms with Crippen molar-refractivity contribution in [1.82, 2.24) is 4.90 Å². The summed E-state index contributed by atoms with van der Waals surface area (Å²) in [5.41, 5.74) is 1.97. The third-order valence-corrected chi connectivity index (χ3v) is 5.94. The lowest BCUT2D eigenvalue weighted by Gasteiger charge is -2.47. The highest BCUT2D eigenvalue weighted by molar-refractivity contribution is 5.72. The monoisotopic (exact) mass is 397 g/mol. The van der Waals surface area contributed by atoms with Crippen molar-refractivity contribution in [2.45, 2.75) is 50.0 Å². The van der Waals surface area contributed by atoms with Crippen LogP contribution in [0.1, 0.15) is 43.0 Å². The fourth-order valence-electron chi connectivity index (χ4n) is 4.39. The molecule has 0 N–H and O–H groups in total. The number of amides is 1. The molecule has 0 radical (unpaired) electrons. The topological polar surface area (TPSA) is 57.2 Å². The van der Waals surface area contributed by atoms with Crippen molar-refractivity contribution in [2.24, 2.45) is 0 Å². The summed E-state index contributed by atoms with van der Waals surface area (Å²) in [4.78, 5) is 15.0. The number of carbonyl (C=O) groups excluding carboxylic acids is 1. The van der Waals surface area contributed by atoms with Gasteiger partial charge >= 0.3 is 6.09 Å². The predicted octanol–water partition coefficient (Wildman–Crippen LogP) is 4.44. The van der Waals surface area contributed by atoms with Crippen molar-refractivity contribution in [3.63, 3.8) is 0 Å². The van der Waals surface area contributed by atoms with Crippen LogP contribution in [-0.4, -0.2) is 43.3 Å². The third kappa shape index (κ3) is 3.64. The minimum atomic E-state index is -1.00. The zero-order valence-corrected chi connectivity index (χ0v) is 17.0. The highest BCUT2D eigenvalue weighted by atomic mass is 16.8. The maximum absolute atomic E-state index is 13.2. The molecule has 2 aliphatic rings. The van der Waals surface area contributed by atoms with Crippen LogP contribution in [0.2, 0.25) is 0 Å². The van der Waals surface area contributed by atoms with Gasteiger partial charge in [-0.1, -0.05) is 60.7 Å². The van der Waals surface area contributed by atoms with Gasteiger partial charge in [0.2, 0.25) is 0 Å². The van der Waals surface area contributed by atoms with Crippen molar-refractivity contribution >= 4 is 6.09 Å². The summed E-state index contributed by atoms with van der Waals surface area (Å²) in [5.74, 6) is -1.00. The molecule has 0 bridgehead atoms. The van der Waals surface area contributed by atoms with Crippen LogP contribution < -0.4 is 0 Å². The van der Waals surface area contributed by atoms with Gasteiger partial charge in [0.1, 0.15) is 6.04 Å². The summed E-state index contributed by atoms with van der Waals surface area (Å²) in [6.07, 6.45) is 0.215. The van der Waals surface area contributed by atoms with Gasteiger partial charge in [0.05, 0.1) is 6.04 Å². The molecule has 4 rings (SSSR count). The summed E-state index contributed by atoms with van der Waals surface area (Å²) in [6, 6.07) is 19.2. The molecule has 6 heteroatoms. The quantitative estimate of drug-likeness (QED) is 0.747. The highest BCUT2D eigenvalue weighted by Crippen LogP contribution is 2.48. The molecule has 0 spiro atoms. The second-order valence-corrected chi connectivity index (χ2v) is 7.57. The first kappa shape index (κ1) is 19.9. The fourth-order valence-corrected chi connectivity index (χ4v) is 4.39. The lowest BCUT2D eigenvalue weighted by atomic mass is 9.91. The van der Waals surface area contributed by atoms with Crippen LogP contribution in [-0.2, 0) is 18.9 Å². The summed E-state index contributed by atoms with van der Waals surface area (Å²) in [7, 11) is 3.21. The van der Waals surface area contributed by atoms with E-state index in [0.717, 1.165) is 11.1 Å². The molecular formula is C23H27NO5. The minimum Gasteiger partial charge on any atom is -0.439 e. The molecule has 0 aliphatic carbocycles. The van der Waals surface area contributed by atoms with Crippen LogP contribution in [0.25, 0.3) is 0 Å². The predicted molar refractivity (Wildman–Crippen MR) is 107 cm³/mol. The number of nitrogens with zero attached hydrogens (tertiary/aromatic N) is 1. The Morgan fingerprint density at radius 2 is 1.59 bits per heavy atom. The standard InChI is InChI=1S/C23H27NO5/c1-23(27-3)18(14-15-19(26-2)29-23)24-20(16-10-6-4-7-11-16)21(28-22(24)25)17-12-8-5-9-13-17/h4-13,18-21H,14-15H2,1-3H3/t18-,19-,20-,21+,23-/m1/s1. The van der Waals surface area contributed by atoms with E-state index in [1.54, 1.807) is 19.1 Å². The molecule has 2 heterocycles. The molecule has 0 saturated carbocycles. The number of hydrogen-bond donors (Lipinski definition) is 0. The highest BCUT2D eigenvalue weighted by Gasteiger charge is 2.54. The Kier molecular flexibility index (Phi) is 5.58. The number of hydrogen-bond acceptors (Lipinski definition) is 5. The van der Waals surface area contributed by atoms with E-state index in [1.165, 1.54) is 0 Å². The summed E-state index contributed by atoms with van der Waals surface area (Å²) < 4.78 is 23.1. The first-order valence-corrected chi connectivity index (χ1v) is 9.92. The number of rotatable bonds is 5. The van der Waals surface area contributed by atoms with Gasteiger partial charge in [-0.3, -0.25) is 4.90 Å². The van der Waals surface area contributed by atoms with Crippen LogP contribution >= 0.6 is 0 Å². The van der Waals surface area contributed by atoms with Gasteiger partial charge in [-0.2, -0.15) is 0 Å². The molecule has 2 aromatic rings. The molecule has 2 saturated heterocycles. The van der Waals surface area contributed by atoms with Gasteiger partial charge in [-0.15, -0.1) is 0 Å². The fraction of sp³-hybridized carbons (Fsp3) is 0.435. The third-order valence-electron chi connectivity index (χ3n) is 5.94. The number of ether oxygens (including phenoxy) is 4. The normalized spacial score (nSPS) is 32.2. The van der Waals surface area contributed by atoms with E-state index in [-0.39, 0.29) is 24.5 Å². The van der Waals surface area contributed by atoms with Crippen LogP contribution in [0.4, 0.5) is 4.79 Å². The van der Waals surface area contributed by atoms with Gasteiger partial charge in [-0.25, -0.2) is 4.79 Å². The minimum absolute atomic E-state index is 0.284. The molecular weight excluding hydrogens is 370 g/mol. The number of cyclic esters (lactones) is 1. The van der Waals surface area contributed by atoms with Crippen molar-refractivity contribution in [3.8, 4) is 0 Å². The van der Waals surface area contributed by atoms with E-state index in [2.05, 4.69) is 0 Å². The maximum Gasteiger partial charge on any atom is 0.411 e. The second-order valence-electron chi connectivity index (χ2n) is 7.57. The van der Waals surface area contributed by atoms with E-state index >= 15 is 0 Å². The molecule has 2 aromatic carbocycles. The zero-order valence-electron chi connectivity index (χ0n) is 17.0. The van der Waals surface area contributed by atoms with Crippen LogP contribution in [0.5, 0.6) is 0 Å². The molecule has 0 unspecified atom stereocenters. The molecule has 2 aliphatic heterocycles. The van der Waals surface area contributed by atoms with Crippen LogP contribution in [0, 0.1) is 0 Å². The Morgan fingerprint density at radius 1 is 0.966 bits per heavy atom. The van der Waals surface area contributed by atoms with Crippen LogP contribution in [0.3, 0.4) is 0 Å². The number of methoxy groups -OCH3 is 2.